The number of Topliss-reactive ketones (excluding diaryl/α,β-unsaturated/α-hetero) is 1. The van der Waals surface area contributed by atoms with Crippen molar-refractivity contribution in [2.24, 2.45) is 0 Å². The van der Waals surface area contributed by atoms with E-state index in [0.29, 0.717) is 12.0 Å². The van der Waals surface area contributed by atoms with Gasteiger partial charge in [-0.15, -0.1) is 0 Å². The average Bonchev–Trinajstić information content (AvgIpc) is 2.94. The van der Waals surface area contributed by atoms with Crippen LogP contribution in [0.25, 0.3) is 0 Å². The van der Waals surface area contributed by atoms with E-state index in [1.807, 2.05) is 0 Å². The molecule has 0 unspecified atom stereocenters. The first-order chi connectivity index (χ1) is 11.1. The Kier molecular flexibility index (Phi) is 9.69. The molecule has 0 radical (unpaired) electrons. The first-order valence-electron chi connectivity index (χ1n) is 8.60. The molecule has 0 fully saturated rings. The highest BCUT2D eigenvalue weighted by atomic mass is 35.5. The van der Waals surface area contributed by atoms with Crippen molar-refractivity contribution in [2.75, 3.05) is 7.11 Å². The summed E-state index contributed by atoms with van der Waals surface area (Å²) in [5.41, 5.74) is 0.524. The van der Waals surface area contributed by atoms with Crippen molar-refractivity contribution in [3.63, 3.8) is 0 Å². The fourth-order valence-corrected chi connectivity index (χ4v) is 2.88. The second kappa shape index (κ2) is 11.3. The molecule has 0 atom stereocenters. The highest BCUT2D eigenvalue weighted by Gasteiger charge is 2.20. The van der Waals surface area contributed by atoms with Crippen LogP contribution in [-0.4, -0.2) is 23.8 Å². The van der Waals surface area contributed by atoms with Crippen LogP contribution in [-0.2, 0) is 4.74 Å². The van der Waals surface area contributed by atoms with Gasteiger partial charge in [0.25, 0.3) is 0 Å². The zero-order chi connectivity index (χ0) is 17.1. The third-order valence-electron chi connectivity index (χ3n) is 4.01. The molecule has 0 aliphatic carbocycles. The van der Waals surface area contributed by atoms with E-state index in [-0.39, 0.29) is 16.5 Å². The van der Waals surface area contributed by atoms with E-state index in [1.54, 1.807) is 0 Å². The SMILES string of the molecule is CCCCCCCCCCCC(=O)c1c[nH]c(C(=O)OC)c1Cl. The van der Waals surface area contributed by atoms with Crippen molar-refractivity contribution in [1.82, 2.24) is 4.98 Å². The summed E-state index contributed by atoms with van der Waals surface area (Å²) in [4.78, 5) is 26.3. The van der Waals surface area contributed by atoms with Crippen LogP contribution in [0.4, 0.5) is 0 Å². The summed E-state index contributed by atoms with van der Waals surface area (Å²) in [6, 6.07) is 0. The summed E-state index contributed by atoms with van der Waals surface area (Å²) in [6.07, 6.45) is 12.9. The maximum atomic E-state index is 12.1. The lowest BCUT2D eigenvalue weighted by molar-refractivity contribution is 0.0595. The maximum Gasteiger partial charge on any atom is 0.356 e. The molecule has 23 heavy (non-hydrogen) atoms. The molecule has 0 saturated carbocycles. The molecule has 5 heteroatoms. The van der Waals surface area contributed by atoms with E-state index >= 15 is 0 Å². The minimum Gasteiger partial charge on any atom is -0.464 e. The molecule has 1 aromatic rings. The summed E-state index contributed by atoms with van der Waals surface area (Å²) in [5.74, 6) is -0.582. The van der Waals surface area contributed by atoms with Crippen molar-refractivity contribution in [1.29, 1.82) is 0 Å². The van der Waals surface area contributed by atoms with Crippen LogP contribution in [0, 0.1) is 0 Å². The predicted octanol–water partition coefficient (Wildman–Crippen LogP) is 5.56. The van der Waals surface area contributed by atoms with Gasteiger partial charge in [-0.2, -0.15) is 0 Å². The van der Waals surface area contributed by atoms with E-state index in [9.17, 15) is 9.59 Å². The molecule has 1 N–H and O–H groups in total. The van der Waals surface area contributed by atoms with E-state index in [0.717, 1.165) is 12.8 Å². The lowest BCUT2D eigenvalue weighted by Gasteiger charge is -2.02. The second-order valence-electron chi connectivity index (χ2n) is 5.88. The molecular weight excluding hydrogens is 314 g/mol. The van der Waals surface area contributed by atoms with Gasteiger partial charge in [0.1, 0.15) is 5.69 Å². The number of esters is 1. The molecule has 4 nitrogen and oxygen atoms in total. The number of aromatic amines is 1. The standard InChI is InChI=1S/C18H28ClNO3/c1-3-4-5-6-7-8-9-10-11-12-15(21)14-13-20-17(16(14)19)18(22)23-2/h13,20H,3-12H2,1-2H3. The number of carbonyl (C=O) groups is 2. The predicted molar refractivity (Wildman–Crippen MR) is 93.3 cm³/mol. The lowest BCUT2D eigenvalue weighted by Crippen LogP contribution is -2.03. The fourth-order valence-electron chi connectivity index (χ4n) is 2.59. The number of halogens is 1. The van der Waals surface area contributed by atoms with E-state index in [1.165, 1.54) is 58.3 Å². The number of unbranched alkanes of at least 4 members (excludes halogenated alkanes) is 8. The molecule has 1 heterocycles. The average molecular weight is 342 g/mol. The van der Waals surface area contributed by atoms with Crippen molar-refractivity contribution >= 4 is 23.4 Å². The third kappa shape index (κ3) is 6.78. The van der Waals surface area contributed by atoms with Crippen molar-refractivity contribution in [2.45, 2.75) is 71.1 Å². The quantitative estimate of drug-likeness (QED) is 0.307. The van der Waals surface area contributed by atoms with Crippen LogP contribution in [0.5, 0.6) is 0 Å². The number of nitrogens with one attached hydrogen (secondary N) is 1. The second-order valence-corrected chi connectivity index (χ2v) is 6.26. The van der Waals surface area contributed by atoms with Crippen LogP contribution >= 0.6 is 11.6 Å². The monoisotopic (exact) mass is 341 g/mol. The number of hydrogen-bond acceptors (Lipinski definition) is 3. The molecule has 0 aromatic carbocycles. The largest absolute Gasteiger partial charge is 0.464 e. The molecule has 1 rings (SSSR count). The minimum absolute atomic E-state index is 0.0238. The lowest BCUT2D eigenvalue weighted by atomic mass is 10.0. The van der Waals surface area contributed by atoms with Crippen LogP contribution in [0.2, 0.25) is 5.02 Å². The van der Waals surface area contributed by atoms with Gasteiger partial charge in [0.15, 0.2) is 5.78 Å². The third-order valence-corrected chi connectivity index (χ3v) is 4.41. The Morgan fingerprint density at radius 3 is 2.17 bits per heavy atom. The Morgan fingerprint density at radius 1 is 1.04 bits per heavy atom. The zero-order valence-electron chi connectivity index (χ0n) is 14.3. The number of hydrogen-bond donors (Lipinski definition) is 1. The van der Waals surface area contributed by atoms with Gasteiger partial charge in [-0.1, -0.05) is 69.9 Å². The first kappa shape index (κ1) is 19.8. The van der Waals surface area contributed by atoms with Gasteiger partial charge in [-0.05, 0) is 6.42 Å². The van der Waals surface area contributed by atoms with E-state index in [2.05, 4.69) is 16.6 Å². The number of aromatic nitrogens is 1. The topological polar surface area (TPSA) is 59.2 Å². The number of ether oxygens (including phenoxy) is 1. The van der Waals surface area contributed by atoms with Gasteiger partial charge in [0, 0.05) is 12.6 Å². The Balaban J connectivity index is 2.22. The van der Waals surface area contributed by atoms with Crippen LogP contribution in [0.3, 0.4) is 0 Å². The number of rotatable bonds is 12. The number of H-pyrrole nitrogens is 1. The molecule has 130 valence electrons. The smallest absolute Gasteiger partial charge is 0.356 e. The van der Waals surface area contributed by atoms with Crippen LogP contribution in [0.15, 0.2) is 6.20 Å². The Labute approximate surface area is 143 Å². The fraction of sp³-hybridized carbons (Fsp3) is 0.667. The van der Waals surface area contributed by atoms with Gasteiger partial charge < -0.3 is 9.72 Å². The molecule has 0 saturated heterocycles. The van der Waals surface area contributed by atoms with Gasteiger partial charge in [-0.3, -0.25) is 4.79 Å². The highest BCUT2D eigenvalue weighted by molar-refractivity contribution is 6.36. The van der Waals surface area contributed by atoms with Crippen LogP contribution < -0.4 is 0 Å². The number of carbonyl (C=O) groups excluding carboxylic acids is 2. The normalized spacial score (nSPS) is 10.7. The van der Waals surface area contributed by atoms with Gasteiger partial charge >= 0.3 is 5.97 Å². The summed E-state index contributed by atoms with van der Waals surface area (Å²) in [7, 11) is 1.28. The van der Waals surface area contributed by atoms with E-state index < -0.39 is 5.97 Å². The van der Waals surface area contributed by atoms with Gasteiger partial charge in [0.05, 0.1) is 17.7 Å². The molecule has 0 aliphatic rings. The zero-order valence-corrected chi connectivity index (χ0v) is 15.0. The molecule has 0 amide bonds. The van der Waals surface area contributed by atoms with Crippen molar-refractivity contribution < 1.29 is 14.3 Å². The molecular formula is C18H28ClNO3. The van der Waals surface area contributed by atoms with E-state index in [4.69, 9.17) is 11.6 Å². The summed E-state index contributed by atoms with van der Waals surface area (Å²) >= 11 is 6.06. The molecule has 0 aliphatic heterocycles. The first-order valence-corrected chi connectivity index (χ1v) is 8.98. The summed E-state index contributed by atoms with van der Waals surface area (Å²) in [5, 5.41) is 0.165. The molecule has 0 bridgehead atoms. The van der Waals surface area contributed by atoms with Crippen molar-refractivity contribution in [3.8, 4) is 0 Å². The number of ketones is 1. The summed E-state index contributed by atoms with van der Waals surface area (Å²) in [6.45, 7) is 2.22. The minimum atomic E-state index is -0.558. The maximum absolute atomic E-state index is 12.1. The number of methoxy groups -OCH3 is 1. The molecule has 0 spiro atoms. The summed E-state index contributed by atoms with van der Waals surface area (Å²) < 4.78 is 4.60. The molecule has 1 aromatic heterocycles. The van der Waals surface area contributed by atoms with Crippen molar-refractivity contribution in [3.05, 3.63) is 22.5 Å². The Hall–Kier alpha value is -1.29. The Morgan fingerprint density at radius 2 is 1.61 bits per heavy atom. The van der Waals surface area contributed by atoms with Crippen LogP contribution in [0.1, 0.15) is 92.0 Å². The Bertz CT molecular complexity index is 496. The van der Waals surface area contributed by atoms with Gasteiger partial charge in [-0.25, -0.2) is 4.79 Å². The highest BCUT2D eigenvalue weighted by Crippen LogP contribution is 2.23. The van der Waals surface area contributed by atoms with Gasteiger partial charge in [0.2, 0.25) is 0 Å².